The third kappa shape index (κ3) is 4.71. The molecule has 5 heteroatoms. The number of carbonyl (C=O) groups excluding carboxylic acids is 1. The topological polar surface area (TPSA) is 64.3 Å². The van der Waals surface area contributed by atoms with Gasteiger partial charge in [0.25, 0.3) is 0 Å². The van der Waals surface area contributed by atoms with Crippen molar-refractivity contribution in [3.63, 3.8) is 0 Å². The van der Waals surface area contributed by atoms with Crippen molar-refractivity contribution in [1.29, 1.82) is 0 Å². The van der Waals surface area contributed by atoms with E-state index >= 15 is 0 Å². The van der Waals surface area contributed by atoms with E-state index < -0.39 is 0 Å². The number of methoxy groups -OCH3 is 1. The summed E-state index contributed by atoms with van der Waals surface area (Å²) in [6.07, 6.45) is 1.64. The summed E-state index contributed by atoms with van der Waals surface area (Å²) in [5, 5.41) is 2.76. The molecule has 1 rings (SSSR count). The number of amides is 1. The zero-order valence-electron chi connectivity index (χ0n) is 10.5. The van der Waals surface area contributed by atoms with Crippen LogP contribution in [0.15, 0.2) is 18.2 Å². The zero-order chi connectivity index (χ0) is 13.4. The predicted molar refractivity (Wildman–Crippen MR) is 68.0 cm³/mol. The lowest BCUT2D eigenvalue weighted by Gasteiger charge is -2.09. The second-order valence-electron chi connectivity index (χ2n) is 3.95. The van der Waals surface area contributed by atoms with Gasteiger partial charge in [-0.15, -0.1) is 0 Å². The maximum atomic E-state index is 13.1. The summed E-state index contributed by atoms with van der Waals surface area (Å²) in [6.45, 7) is 0.967. The highest BCUT2D eigenvalue weighted by Gasteiger charge is 2.05. The average molecular weight is 254 g/mol. The van der Waals surface area contributed by atoms with Gasteiger partial charge in [-0.1, -0.05) is 0 Å². The summed E-state index contributed by atoms with van der Waals surface area (Å²) in [5.41, 5.74) is 6.06. The average Bonchev–Trinajstić information content (AvgIpc) is 2.36. The minimum atomic E-state index is -0.305. The lowest BCUT2D eigenvalue weighted by molar-refractivity contribution is -0.121. The standard InChI is InChI=1S/C13H19FN2O2/c1-18-12-5-4-11(14)9-10(12)6-8-16-13(17)3-2-7-15/h4-5,9H,2-3,6-8,15H2,1H3,(H,16,17). The second-order valence-corrected chi connectivity index (χ2v) is 3.95. The Labute approximate surface area is 106 Å². The van der Waals surface area contributed by atoms with Crippen LogP contribution in [0.25, 0.3) is 0 Å². The molecule has 0 aromatic heterocycles. The van der Waals surface area contributed by atoms with Gasteiger partial charge in [-0.2, -0.15) is 0 Å². The molecule has 0 aliphatic rings. The number of halogens is 1. The van der Waals surface area contributed by atoms with E-state index in [0.717, 1.165) is 5.56 Å². The summed E-state index contributed by atoms with van der Waals surface area (Å²) < 4.78 is 18.2. The van der Waals surface area contributed by atoms with Crippen LogP contribution in [0.4, 0.5) is 4.39 Å². The fourth-order valence-corrected chi connectivity index (χ4v) is 1.63. The van der Waals surface area contributed by atoms with Gasteiger partial charge in [0.05, 0.1) is 7.11 Å². The van der Waals surface area contributed by atoms with Crippen molar-refractivity contribution in [2.45, 2.75) is 19.3 Å². The number of hydrogen-bond acceptors (Lipinski definition) is 3. The lowest BCUT2D eigenvalue weighted by atomic mass is 10.1. The summed E-state index contributed by atoms with van der Waals surface area (Å²) in [7, 11) is 1.54. The Kier molecular flexibility index (Phi) is 6.14. The Morgan fingerprint density at radius 2 is 2.28 bits per heavy atom. The normalized spacial score (nSPS) is 10.2. The van der Waals surface area contributed by atoms with E-state index in [4.69, 9.17) is 10.5 Å². The third-order valence-electron chi connectivity index (χ3n) is 2.57. The van der Waals surface area contributed by atoms with E-state index in [2.05, 4.69) is 5.32 Å². The molecule has 1 aromatic rings. The van der Waals surface area contributed by atoms with Gasteiger partial charge in [-0.3, -0.25) is 4.79 Å². The Hall–Kier alpha value is -1.62. The van der Waals surface area contributed by atoms with Gasteiger partial charge < -0.3 is 15.8 Å². The van der Waals surface area contributed by atoms with Crippen LogP contribution in [0.2, 0.25) is 0 Å². The van der Waals surface area contributed by atoms with Crippen LogP contribution in [-0.2, 0) is 11.2 Å². The molecule has 100 valence electrons. The van der Waals surface area contributed by atoms with Crippen LogP contribution in [0.1, 0.15) is 18.4 Å². The molecule has 1 aromatic carbocycles. The van der Waals surface area contributed by atoms with Crippen molar-refractivity contribution in [3.8, 4) is 5.75 Å². The van der Waals surface area contributed by atoms with E-state index in [1.165, 1.54) is 19.2 Å². The summed E-state index contributed by atoms with van der Waals surface area (Å²) in [6, 6.07) is 4.36. The smallest absolute Gasteiger partial charge is 0.220 e. The van der Waals surface area contributed by atoms with E-state index in [-0.39, 0.29) is 11.7 Å². The molecule has 0 atom stereocenters. The van der Waals surface area contributed by atoms with Crippen molar-refractivity contribution >= 4 is 5.91 Å². The number of benzene rings is 1. The van der Waals surface area contributed by atoms with Crippen molar-refractivity contribution in [3.05, 3.63) is 29.6 Å². The van der Waals surface area contributed by atoms with Crippen LogP contribution in [-0.4, -0.2) is 26.1 Å². The highest BCUT2D eigenvalue weighted by Crippen LogP contribution is 2.19. The molecule has 0 aliphatic carbocycles. The van der Waals surface area contributed by atoms with Crippen molar-refractivity contribution in [1.82, 2.24) is 5.32 Å². The lowest BCUT2D eigenvalue weighted by Crippen LogP contribution is -2.26. The number of nitrogens with one attached hydrogen (secondary N) is 1. The summed E-state index contributed by atoms with van der Waals surface area (Å²) >= 11 is 0. The maximum Gasteiger partial charge on any atom is 0.220 e. The van der Waals surface area contributed by atoms with E-state index in [0.29, 0.717) is 38.1 Å². The Morgan fingerprint density at radius 3 is 2.94 bits per heavy atom. The predicted octanol–water partition coefficient (Wildman–Crippen LogP) is 1.23. The molecular weight excluding hydrogens is 235 g/mol. The number of nitrogens with two attached hydrogens (primary N) is 1. The minimum Gasteiger partial charge on any atom is -0.496 e. The molecule has 0 unspecified atom stereocenters. The first-order chi connectivity index (χ1) is 8.67. The van der Waals surface area contributed by atoms with Crippen LogP contribution in [0.3, 0.4) is 0 Å². The molecule has 0 spiro atoms. The number of rotatable bonds is 7. The van der Waals surface area contributed by atoms with Crippen molar-refractivity contribution in [2.24, 2.45) is 5.73 Å². The van der Waals surface area contributed by atoms with E-state index in [9.17, 15) is 9.18 Å². The Balaban J connectivity index is 2.43. The van der Waals surface area contributed by atoms with Gasteiger partial charge in [0.1, 0.15) is 11.6 Å². The highest BCUT2D eigenvalue weighted by atomic mass is 19.1. The molecule has 18 heavy (non-hydrogen) atoms. The number of carbonyl (C=O) groups is 1. The van der Waals surface area contributed by atoms with Crippen molar-refractivity contribution in [2.75, 3.05) is 20.2 Å². The Morgan fingerprint density at radius 1 is 1.50 bits per heavy atom. The Bertz CT molecular complexity index is 397. The number of ether oxygens (including phenoxy) is 1. The monoisotopic (exact) mass is 254 g/mol. The van der Waals surface area contributed by atoms with Crippen LogP contribution < -0.4 is 15.8 Å². The van der Waals surface area contributed by atoms with Gasteiger partial charge in [-0.05, 0) is 43.1 Å². The molecule has 0 aliphatic heterocycles. The second kappa shape index (κ2) is 7.66. The van der Waals surface area contributed by atoms with Crippen LogP contribution in [0, 0.1) is 5.82 Å². The van der Waals surface area contributed by atoms with Gasteiger partial charge in [0.15, 0.2) is 0 Å². The third-order valence-corrected chi connectivity index (χ3v) is 2.57. The molecule has 0 fully saturated rings. The first-order valence-electron chi connectivity index (χ1n) is 5.96. The molecular formula is C13H19FN2O2. The summed E-state index contributed by atoms with van der Waals surface area (Å²) in [4.78, 5) is 11.3. The summed E-state index contributed by atoms with van der Waals surface area (Å²) in [5.74, 6) is 0.295. The van der Waals surface area contributed by atoms with Gasteiger partial charge in [0.2, 0.25) is 5.91 Å². The molecule has 0 bridgehead atoms. The molecule has 0 heterocycles. The van der Waals surface area contributed by atoms with Crippen LogP contribution in [0.5, 0.6) is 5.75 Å². The fraction of sp³-hybridized carbons (Fsp3) is 0.462. The molecule has 4 nitrogen and oxygen atoms in total. The number of hydrogen-bond donors (Lipinski definition) is 2. The highest BCUT2D eigenvalue weighted by molar-refractivity contribution is 5.75. The minimum absolute atomic E-state index is 0.0316. The van der Waals surface area contributed by atoms with E-state index in [1.54, 1.807) is 6.07 Å². The van der Waals surface area contributed by atoms with Gasteiger partial charge in [-0.25, -0.2) is 4.39 Å². The van der Waals surface area contributed by atoms with Gasteiger partial charge >= 0.3 is 0 Å². The quantitative estimate of drug-likeness (QED) is 0.769. The molecule has 0 saturated carbocycles. The largest absolute Gasteiger partial charge is 0.496 e. The zero-order valence-corrected chi connectivity index (χ0v) is 10.5. The fourth-order valence-electron chi connectivity index (χ4n) is 1.63. The van der Waals surface area contributed by atoms with Gasteiger partial charge in [0, 0.05) is 13.0 Å². The van der Waals surface area contributed by atoms with Crippen molar-refractivity contribution < 1.29 is 13.9 Å². The first-order valence-corrected chi connectivity index (χ1v) is 5.96. The molecule has 0 radical (unpaired) electrons. The maximum absolute atomic E-state index is 13.1. The van der Waals surface area contributed by atoms with Crippen LogP contribution >= 0.6 is 0 Å². The molecule has 1 amide bonds. The molecule has 3 N–H and O–H groups in total. The van der Waals surface area contributed by atoms with E-state index in [1.807, 2.05) is 0 Å². The molecule has 0 saturated heterocycles. The SMILES string of the molecule is COc1ccc(F)cc1CCNC(=O)CCCN. The first kappa shape index (κ1) is 14.4.